The van der Waals surface area contributed by atoms with Crippen LogP contribution in [-0.2, 0) is 4.74 Å². The fraction of sp³-hybridized carbons (Fsp3) is 0.333. The van der Waals surface area contributed by atoms with Gasteiger partial charge in [0, 0.05) is 25.5 Å². The van der Waals surface area contributed by atoms with Gasteiger partial charge >= 0.3 is 0 Å². The van der Waals surface area contributed by atoms with Gasteiger partial charge in [-0.25, -0.2) is 4.98 Å². The molecule has 1 atom stereocenters. The quantitative estimate of drug-likeness (QED) is 0.868. The second kappa shape index (κ2) is 6.48. The fourth-order valence-electron chi connectivity index (χ4n) is 2.30. The molecule has 114 valence electrons. The van der Waals surface area contributed by atoms with E-state index >= 15 is 0 Å². The molecule has 22 heavy (non-hydrogen) atoms. The summed E-state index contributed by atoms with van der Waals surface area (Å²) in [6.45, 7) is 1.13. The summed E-state index contributed by atoms with van der Waals surface area (Å²) in [7, 11) is 0. The maximum atomic E-state index is 12.0. The molecule has 0 aromatic carbocycles. The van der Waals surface area contributed by atoms with E-state index in [0.717, 1.165) is 19.4 Å². The maximum absolute atomic E-state index is 12.0. The fourth-order valence-corrected chi connectivity index (χ4v) is 2.30. The van der Waals surface area contributed by atoms with E-state index in [1.807, 2.05) is 0 Å². The van der Waals surface area contributed by atoms with Gasteiger partial charge in [-0.05, 0) is 25.0 Å². The third-order valence-electron chi connectivity index (χ3n) is 3.47. The van der Waals surface area contributed by atoms with Gasteiger partial charge in [0.15, 0.2) is 5.82 Å². The van der Waals surface area contributed by atoms with Gasteiger partial charge in [0.05, 0.1) is 6.10 Å². The van der Waals surface area contributed by atoms with Crippen molar-refractivity contribution in [3.63, 3.8) is 0 Å². The Bertz CT molecular complexity index is 708. The zero-order chi connectivity index (χ0) is 15.4. The van der Waals surface area contributed by atoms with E-state index in [1.165, 1.54) is 6.20 Å². The number of ether oxygens (including phenoxy) is 1. The smallest absolute Gasteiger partial charge is 0.264 e. The van der Waals surface area contributed by atoms with Crippen LogP contribution in [0.25, 0.3) is 11.5 Å². The van der Waals surface area contributed by atoms with Crippen LogP contribution in [0.4, 0.5) is 0 Å². The van der Waals surface area contributed by atoms with Crippen LogP contribution in [0.15, 0.2) is 35.4 Å². The number of aromatic amines is 1. The lowest BCUT2D eigenvalue weighted by molar-refractivity contribution is 0.0856. The standard InChI is InChI=1S/C15H16N4O3/c20-14(18-8-10-4-3-7-22-10)11-9-17-13(19-15(11)21)12-5-1-2-6-16-12/h1-2,5-6,9-10H,3-4,7-8H2,(H,18,20)(H,17,19,21)/t10-/m1/s1. The second-order valence-electron chi connectivity index (χ2n) is 5.03. The molecule has 0 saturated carbocycles. The van der Waals surface area contributed by atoms with E-state index in [1.54, 1.807) is 24.4 Å². The van der Waals surface area contributed by atoms with Crippen LogP contribution in [0, 0.1) is 0 Å². The highest BCUT2D eigenvalue weighted by atomic mass is 16.5. The molecule has 1 aliphatic rings. The molecule has 1 aliphatic heterocycles. The predicted molar refractivity (Wildman–Crippen MR) is 79.4 cm³/mol. The van der Waals surface area contributed by atoms with Crippen LogP contribution in [0.5, 0.6) is 0 Å². The third kappa shape index (κ3) is 3.20. The number of rotatable bonds is 4. The third-order valence-corrected chi connectivity index (χ3v) is 3.47. The summed E-state index contributed by atoms with van der Waals surface area (Å²) in [4.78, 5) is 34.8. The Morgan fingerprint density at radius 2 is 2.32 bits per heavy atom. The number of H-pyrrole nitrogens is 1. The molecule has 7 nitrogen and oxygen atoms in total. The minimum Gasteiger partial charge on any atom is -0.376 e. The first-order valence-corrected chi connectivity index (χ1v) is 7.14. The van der Waals surface area contributed by atoms with Gasteiger partial charge in [0.2, 0.25) is 0 Å². The number of carbonyl (C=O) groups excluding carboxylic acids is 1. The van der Waals surface area contributed by atoms with Crippen molar-refractivity contribution < 1.29 is 9.53 Å². The molecular weight excluding hydrogens is 284 g/mol. The molecule has 2 aromatic heterocycles. The molecule has 0 aliphatic carbocycles. The van der Waals surface area contributed by atoms with Gasteiger partial charge in [-0.1, -0.05) is 6.07 Å². The Morgan fingerprint density at radius 1 is 1.41 bits per heavy atom. The molecule has 0 radical (unpaired) electrons. The average molecular weight is 300 g/mol. The Hall–Kier alpha value is -2.54. The largest absolute Gasteiger partial charge is 0.376 e. The minimum atomic E-state index is -0.486. The lowest BCUT2D eigenvalue weighted by Gasteiger charge is -2.10. The molecule has 0 bridgehead atoms. The SMILES string of the molecule is O=C(NC[C@H]1CCCO1)c1cnc(-c2ccccn2)[nH]c1=O. The Labute approximate surface area is 126 Å². The van der Waals surface area contributed by atoms with Gasteiger partial charge in [0.25, 0.3) is 11.5 Å². The van der Waals surface area contributed by atoms with Crippen LogP contribution < -0.4 is 10.9 Å². The van der Waals surface area contributed by atoms with E-state index in [-0.39, 0.29) is 11.7 Å². The number of pyridine rings is 1. The minimum absolute atomic E-state index is 0.0160. The van der Waals surface area contributed by atoms with Crippen molar-refractivity contribution in [1.82, 2.24) is 20.3 Å². The second-order valence-corrected chi connectivity index (χ2v) is 5.03. The number of amides is 1. The van der Waals surface area contributed by atoms with Crippen molar-refractivity contribution in [2.75, 3.05) is 13.2 Å². The van der Waals surface area contributed by atoms with Crippen molar-refractivity contribution in [2.24, 2.45) is 0 Å². The molecule has 3 heterocycles. The van der Waals surface area contributed by atoms with E-state index < -0.39 is 11.5 Å². The summed E-state index contributed by atoms with van der Waals surface area (Å²) in [5, 5.41) is 2.70. The van der Waals surface area contributed by atoms with Crippen molar-refractivity contribution in [3.8, 4) is 11.5 Å². The number of nitrogens with zero attached hydrogens (tertiary/aromatic N) is 2. The predicted octanol–water partition coefficient (Wildman–Crippen LogP) is 0.741. The number of nitrogens with one attached hydrogen (secondary N) is 2. The van der Waals surface area contributed by atoms with Gasteiger partial charge in [-0.2, -0.15) is 0 Å². The van der Waals surface area contributed by atoms with Crippen LogP contribution >= 0.6 is 0 Å². The van der Waals surface area contributed by atoms with Crippen molar-refractivity contribution in [1.29, 1.82) is 0 Å². The van der Waals surface area contributed by atoms with Gasteiger partial charge < -0.3 is 15.0 Å². The number of hydrogen-bond donors (Lipinski definition) is 2. The molecule has 0 spiro atoms. The van der Waals surface area contributed by atoms with Crippen molar-refractivity contribution in [3.05, 3.63) is 46.5 Å². The van der Waals surface area contributed by atoms with E-state index in [9.17, 15) is 9.59 Å². The van der Waals surface area contributed by atoms with Gasteiger partial charge in [-0.3, -0.25) is 14.6 Å². The zero-order valence-electron chi connectivity index (χ0n) is 11.9. The summed E-state index contributed by atoms with van der Waals surface area (Å²) in [5.41, 5.74) is 0.0454. The van der Waals surface area contributed by atoms with E-state index in [2.05, 4.69) is 20.3 Å². The van der Waals surface area contributed by atoms with Crippen LogP contribution in [0.3, 0.4) is 0 Å². The molecule has 1 fully saturated rings. The highest BCUT2D eigenvalue weighted by Gasteiger charge is 2.18. The van der Waals surface area contributed by atoms with Crippen LogP contribution in [-0.4, -0.2) is 40.1 Å². The Balaban J connectivity index is 1.71. The summed E-state index contributed by atoms with van der Waals surface area (Å²) < 4.78 is 5.42. The molecule has 1 saturated heterocycles. The summed E-state index contributed by atoms with van der Waals surface area (Å²) in [6.07, 6.45) is 4.84. The van der Waals surface area contributed by atoms with E-state index in [4.69, 9.17) is 4.74 Å². The highest BCUT2D eigenvalue weighted by molar-refractivity contribution is 5.93. The summed E-state index contributed by atoms with van der Waals surface area (Å²) >= 11 is 0. The van der Waals surface area contributed by atoms with Gasteiger partial charge in [-0.15, -0.1) is 0 Å². The molecule has 1 amide bonds. The Kier molecular flexibility index (Phi) is 4.24. The molecular formula is C15H16N4O3. The van der Waals surface area contributed by atoms with Crippen LogP contribution in [0.2, 0.25) is 0 Å². The molecule has 3 rings (SSSR count). The van der Waals surface area contributed by atoms with Crippen molar-refractivity contribution in [2.45, 2.75) is 18.9 Å². The topological polar surface area (TPSA) is 97.0 Å². The maximum Gasteiger partial charge on any atom is 0.264 e. The normalized spacial score (nSPS) is 17.4. The van der Waals surface area contributed by atoms with Crippen LogP contribution in [0.1, 0.15) is 23.2 Å². The zero-order valence-corrected chi connectivity index (χ0v) is 11.9. The summed E-state index contributed by atoms with van der Waals surface area (Å²) in [6, 6.07) is 5.30. The van der Waals surface area contributed by atoms with Gasteiger partial charge in [0.1, 0.15) is 11.3 Å². The monoisotopic (exact) mass is 300 g/mol. The average Bonchev–Trinajstić information content (AvgIpc) is 3.07. The summed E-state index contributed by atoms with van der Waals surface area (Å²) in [5.74, 6) is -0.113. The molecule has 2 aromatic rings. The number of hydrogen-bond acceptors (Lipinski definition) is 5. The first kappa shape index (κ1) is 14.4. The first-order chi connectivity index (χ1) is 10.7. The first-order valence-electron chi connectivity index (χ1n) is 7.14. The lowest BCUT2D eigenvalue weighted by Crippen LogP contribution is -2.35. The van der Waals surface area contributed by atoms with Crippen molar-refractivity contribution >= 4 is 5.91 Å². The molecule has 7 heteroatoms. The lowest BCUT2D eigenvalue weighted by atomic mass is 10.2. The molecule has 0 unspecified atom stereocenters. The Morgan fingerprint density at radius 3 is 3.00 bits per heavy atom. The highest BCUT2D eigenvalue weighted by Crippen LogP contribution is 2.11. The number of aromatic nitrogens is 3. The van der Waals surface area contributed by atoms with E-state index in [0.29, 0.717) is 18.1 Å². The number of carbonyl (C=O) groups is 1. The molecule has 2 N–H and O–H groups in total.